The van der Waals surface area contributed by atoms with Crippen molar-refractivity contribution in [2.75, 3.05) is 46.5 Å². The lowest BCUT2D eigenvalue weighted by atomic mass is 9.97. The Hall–Kier alpha value is -1.66. The molecule has 138 valence electrons. The van der Waals surface area contributed by atoms with Gasteiger partial charge in [0.2, 0.25) is 0 Å². The van der Waals surface area contributed by atoms with Crippen molar-refractivity contribution >= 4 is 5.91 Å². The molecule has 0 aliphatic carbocycles. The smallest absolute Gasteiger partial charge is 0.254 e. The highest BCUT2D eigenvalue weighted by molar-refractivity contribution is 5.94. The molecule has 1 aromatic rings. The maximum atomic E-state index is 14.0. The molecule has 2 aliphatic heterocycles. The lowest BCUT2D eigenvalue weighted by Gasteiger charge is -2.37. The molecule has 1 atom stereocenters. The zero-order chi connectivity index (χ0) is 17.6. The number of amides is 1. The molecule has 0 bridgehead atoms. The Bertz CT molecular complexity index is 590. The molecule has 25 heavy (non-hydrogen) atoms. The first-order valence-corrected chi connectivity index (χ1v) is 9.13. The van der Waals surface area contributed by atoms with Crippen molar-refractivity contribution in [2.24, 2.45) is 0 Å². The van der Waals surface area contributed by atoms with Gasteiger partial charge in [-0.25, -0.2) is 4.39 Å². The van der Waals surface area contributed by atoms with E-state index in [4.69, 9.17) is 9.47 Å². The minimum absolute atomic E-state index is 0.0757. The van der Waals surface area contributed by atoms with Gasteiger partial charge in [0.25, 0.3) is 5.91 Å². The quantitative estimate of drug-likeness (QED) is 0.818. The summed E-state index contributed by atoms with van der Waals surface area (Å²) in [5, 5.41) is 0. The van der Waals surface area contributed by atoms with Crippen LogP contribution >= 0.6 is 0 Å². The molecule has 6 heteroatoms. The van der Waals surface area contributed by atoms with Crippen LogP contribution in [-0.2, 0) is 4.74 Å². The molecule has 2 heterocycles. The van der Waals surface area contributed by atoms with Crippen LogP contribution in [0.4, 0.5) is 4.39 Å². The Morgan fingerprint density at radius 1 is 1.28 bits per heavy atom. The highest BCUT2D eigenvalue weighted by Gasteiger charge is 2.28. The van der Waals surface area contributed by atoms with Crippen LogP contribution in [0.15, 0.2) is 18.2 Å². The van der Waals surface area contributed by atoms with Gasteiger partial charge >= 0.3 is 0 Å². The van der Waals surface area contributed by atoms with E-state index in [9.17, 15) is 9.18 Å². The second-order valence-electron chi connectivity index (χ2n) is 6.74. The molecular weight excluding hydrogens is 323 g/mol. The number of hydrogen-bond acceptors (Lipinski definition) is 4. The predicted octanol–water partition coefficient (Wildman–Crippen LogP) is 2.55. The number of piperidine rings is 1. The maximum absolute atomic E-state index is 14.0. The van der Waals surface area contributed by atoms with Gasteiger partial charge in [-0.05, 0) is 43.9 Å². The Morgan fingerprint density at radius 2 is 2.08 bits per heavy atom. The molecule has 2 fully saturated rings. The SMILES string of the molecule is COc1ccc(C(=O)N2CCCC[C@@H]2CCN2CCOCC2)cc1F. The molecule has 1 aromatic carbocycles. The largest absolute Gasteiger partial charge is 0.494 e. The van der Waals surface area contributed by atoms with Crippen LogP contribution in [0.2, 0.25) is 0 Å². The normalized spacial score (nSPS) is 22.0. The number of rotatable bonds is 5. The molecule has 0 unspecified atom stereocenters. The van der Waals surface area contributed by atoms with Crippen molar-refractivity contribution in [3.05, 3.63) is 29.6 Å². The van der Waals surface area contributed by atoms with Crippen LogP contribution in [0, 0.1) is 5.82 Å². The van der Waals surface area contributed by atoms with E-state index in [0.717, 1.165) is 65.1 Å². The second-order valence-corrected chi connectivity index (χ2v) is 6.74. The molecule has 0 N–H and O–H groups in total. The van der Waals surface area contributed by atoms with Crippen molar-refractivity contribution in [2.45, 2.75) is 31.7 Å². The van der Waals surface area contributed by atoms with Gasteiger partial charge in [-0.15, -0.1) is 0 Å². The number of nitrogens with zero attached hydrogens (tertiary/aromatic N) is 2. The highest BCUT2D eigenvalue weighted by Crippen LogP contribution is 2.24. The lowest BCUT2D eigenvalue weighted by molar-refractivity contribution is 0.0295. The summed E-state index contributed by atoms with van der Waals surface area (Å²) in [7, 11) is 1.42. The summed E-state index contributed by atoms with van der Waals surface area (Å²) in [6, 6.07) is 4.69. The van der Waals surface area contributed by atoms with Crippen LogP contribution in [0.25, 0.3) is 0 Å². The zero-order valence-corrected chi connectivity index (χ0v) is 14.9. The van der Waals surface area contributed by atoms with Crippen molar-refractivity contribution in [1.29, 1.82) is 0 Å². The first kappa shape index (κ1) is 18.1. The van der Waals surface area contributed by atoms with E-state index in [1.165, 1.54) is 19.2 Å². The van der Waals surface area contributed by atoms with Gasteiger partial charge in [-0.1, -0.05) is 0 Å². The number of hydrogen-bond donors (Lipinski definition) is 0. The van der Waals surface area contributed by atoms with Gasteiger partial charge in [0.05, 0.1) is 20.3 Å². The van der Waals surface area contributed by atoms with E-state index < -0.39 is 5.82 Å². The lowest BCUT2D eigenvalue weighted by Crippen LogP contribution is -2.46. The minimum atomic E-state index is -0.491. The minimum Gasteiger partial charge on any atom is -0.494 e. The maximum Gasteiger partial charge on any atom is 0.254 e. The third-order valence-corrected chi connectivity index (χ3v) is 5.17. The van der Waals surface area contributed by atoms with Gasteiger partial charge in [-0.3, -0.25) is 9.69 Å². The topological polar surface area (TPSA) is 42.0 Å². The fraction of sp³-hybridized carbons (Fsp3) is 0.632. The summed E-state index contributed by atoms with van der Waals surface area (Å²) in [5.41, 5.74) is 0.400. The van der Waals surface area contributed by atoms with Crippen molar-refractivity contribution in [3.8, 4) is 5.75 Å². The van der Waals surface area contributed by atoms with Gasteiger partial charge < -0.3 is 14.4 Å². The Kier molecular flexibility index (Phi) is 6.26. The van der Waals surface area contributed by atoms with Gasteiger partial charge in [0.15, 0.2) is 11.6 Å². The van der Waals surface area contributed by atoms with Crippen molar-refractivity contribution < 1.29 is 18.7 Å². The van der Waals surface area contributed by atoms with E-state index in [2.05, 4.69) is 4.90 Å². The molecule has 1 amide bonds. The molecular formula is C19H27FN2O3. The average Bonchev–Trinajstić information content (AvgIpc) is 2.67. The number of halogens is 1. The molecule has 0 radical (unpaired) electrons. The Balaban J connectivity index is 1.64. The van der Waals surface area contributed by atoms with E-state index in [1.54, 1.807) is 6.07 Å². The van der Waals surface area contributed by atoms with E-state index in [1.807, 2.05) is 4.90 Å². The van der Waals surface area contributed by atoms with Crippen LogP contribution in [0.1, 0.15) is 36.0 Å². The molecule has 5 nitrogen and oxygen atoms in total. The summed E-state index contributed by atoms with van der Waals surface area (Å²) in [6.45, 7) is 5.24. The fourth-order valence-electron chi connectivity index (χ4n) is 3.69. The molecule has 0 saturated carbocycles. The van der Waals surface area contributed by atoms with E-state index in [-0.39, 0.29) is 17.7 Å². The van der Waals surface area contributed by atoms with Crippen LogP contribution in [0.3, 0.4) is 0 Å². The molecule has 2 saturated heterocycles. The fourth-order valence-corrected chi connectivity index (χ4v) is 3.69. The first-order chi connectivity index (χ1) is 12.2. The summed E-state index contributed by atoms with van der Waals surface area (Å²) < 4.78 is 24.3. The van der Waals surface area contributed by atoms with Gasteiger partial charge in [-0.2, -0.15) is 0 Å². The third-order valence-electron chi connectivity index (χ3n) is 5.17. The average molecular weight is 350 g/mol. The summed E-state index contributed by atoms with van der Waals surface area (Å²) in [6.07, 6.45) is 4.14. The summed E-state index contributed by atoms with van der Waals surface area (Å²) in [4.78, 5) is 17.2. The Morgan fingerprint density at radius 3 is 2.80 bits per heavy atom. The summed E-state index contributed by atoms with van der Waals surface area (Å²) >= 11 is 0. The van der Waals surface area contributed by atoms with Crippen LogP contribution in [0.5, 0.6) is 5.75 Å². The standard InChI is InChI=1S/C19H27FN2O3/c1-24-18-6-5-15(14-17(18)20)19(23)22-8-3-2-4-16(22)7-9-21-10-12-25-13-11-21/h5-6,14,16H,2-4,7-13H2,1H3/t16-/m1/s1. The van der Waals surface area contributed by atoms with E-state index >= 15 is 0 Å². The number of morpholine rings is 1. The van der Waals surface area contributed by atoms with Gasteiger partial charge in [0, 0.05) is 37.8 Å². The first-order valence-electron chi connectivity index (χ1n) is 9.13. The molecule has 3 rings (SSSR count). The number of methoxy groups -OCH3 is 1. The van der Waals surface area contributed by atoms with Gasteiger partial charge in [0.1, 0.15) is 0 Å². The number of carbonyl (C=O) groups excluding carboxylic acids is 1. The Labute approximate surface area is 148 Å². The van der Waals surface area contributed by atoms with Crippen molar-refractivity contribution in [3.63, 3.8) is 0 Å². The van der Waals surface area contributed by atoms with Crippen molar-refractivity contribution in [1.82, 2.24) is 9.80 Å². The molecule has 2 aliphatic rings. The zero-order valence-electron chi connectivity index (χ0n) is 14.9. The molecule has 0 spiro atoms. The number of carbonyl (C=O) groups is 1. The van der Waals surface area contributed by atoms with E-state index in [0.29, 0.717) is 5.56 Å². The van der Waals surface area contributed by atoms with Crippen LogP contribution < -0.4 is 4.74 Å². The molecule has 0 aromatic heterocycles. The predicted molar refractivity (Wildman–Crippen MR) is 93.5 cm³/mol. The third kappa shape index (κ3) is 4.50. The second kappa shape index (κ2) is 8.63. The monoisotopic (exact) mass is 350 g/mol. The highest BCUT2D eigenvalue weighted by atomic mass is 19.1. The number of ether oxygens (including phenoxy) is 2. The van der Waals surface area contributed by atoms with Crippen LogP contribution in [-0.4, -0.2) is 68.3 Å². The number of likely N-dealkylation sites (tertiary alicyclic amines) is 1. The summed E-state index contributed by atoms with van der Waals surface area (Å²) in [5.74, 6) is -0.400. The number of benzene rings is 1.